The third-order valence-electron chi connectivity index (χ3n) is 17.0. The van der Waals surface area contributed by atoms with Crippen molar-refractivity contribution in [2.45, 2.75) is 369 Å². The summed E-state index contributed by atoms with van der Waals surface area (Å²) >= 11 is 0. The van der Waals surface area contributed by atoms with Crippen LogP contribution in [0.3, 0.4) is 0 Å². The normalized spacial score (nSPS) is 14.9. The van der Waals surface area contributed by atoms with Crippen LogP contribution in [0, 0.1) is 23.7 Å². The number of carbonyl (C=O) groups excluding carboxylic acids is 4. The van der Waals surface area contributed by atoms with E-state index in [-0.39, 0.29) is 25.7 Å². The van der Waals surface area contributed by atoms with Crippen molar-refractivity contribution in [2.75, 3.05) is 39.6 Å². The Morgan fingerprint density at radius 1 is 0.311 bits per heavy atom. The lowest BCUT2D eigenvalue weighted by atomic mass is 9.99. The molecule has 0 aromatic heterocycles. The van der Waals surface area contributed by atoms with Crippen molar-refractivity contribution in [3.05, 3.63) is 0 Å². The van der Waals surface area contributed by atoms with E-state index in [1.807, 2.05) is 0 Å². The quantitative estimate of drug-likeness (QED) is 0.0222. The van der Waals surface area contributed by atoms with Crippen LogP contribution in [-0.2, 0) is 65.4 Å². The number of carbonyl (C=O) groups is 4. The Morgan fingerprint density at radius 3 is 0.789 bits per heavy atom. The van der Waals surface area contributed by atoms with Gasteiger partial charge in [0.05, 0.1) is 26.4 Å². The zero-order valence-corrected chi connectivity index (χ0v) is 60.6. The lowest BCUT2D eigenvalue weighted by Crippen LogP contribution is -2.30. The summed E-state index contributed by atoms with van der Waals surface area (Å²) in [4.78, 5) is 72.5. The van der Waals surface area contributed by atoms with Crippen LogP contribution in [0.15, 0.2) is 0 Å². The molecule has 3 N–H and O–H groups in total. The first-order chi connectivity index (χ1) is 43.2. The molecule has 0 aromatic carbocycles. The number of unbranched alkanes of at least 4 members (excludes halogenated alkanes) is 32. The molecule has 0 fully saturated rings. The molecule has 19 heteroatoms. The predicted molar refractivity (Wildman–Crippen MR) is 363 cm³/mol. The number of aliphatic hydroxyl groups excluding tert-OH is 1. The van der Waals surface area contributed by atoms with Crippen molar-refractivity contribution >= 4 is 39.5 Å². The Bertz CT molecular complexity index is 1790. The minimum Gasteiger partial charge on any atom is -0.462 e. The maximum absolute atomic E-state index is 13.0. The number of aliphatic hydroxyl groups is 1. The van der Waals surface area contributed by atoms with Crippen LogP contribution in [0.1, 0.15) is 351 Å². The summed E-state index contributed by atoms with van der Waals surface area (Å²) in [7, 11) is -9.90. The summed E-state index contributed by atoms with van der Waals surface area (Å²) in [6.07, 6.45) is 43.3. The molecule has 0 aliphatic rings. The molecule has 0 aliphatic heterocycles. The third-order valence-corrected chi connectivity index (χ3v) is 18.9. The predicted octanol–water partition coefficient (Wildman–Crippen LogP) is 20.1. The van der Waals surface area contributed by atoms with E-state index < -0.39 is 97.5 Å². The van der Waals surface area contributed by atoms with E-state index in [0.717, 1.165) is 108 Å². The van der Waals surface area contributed by atoms with Gasteiger partial charge in [0, 0.05) is 25.7 Å². The summed E-state index contributed by atoms with van der Waals surface area (Å²) in [5.41, 5.74) is 0. The largest absolute Gasteiger partial charge is 0.472 e. The van der Waals surface area contributed by atoms with Crippen LogP contribution >= 0.6 is 15.6 Å². The number of hydrogen-bond acceptors (Lipinski definition) is 15. The summed E-state index contributed by atoms with van der Waals surface area (Å²) in [6, 6.07) is 0. The summed E-state index contributed by atoms with van der Waals surface area (Å²) in [5.74, 6) is 0.870. The molecule has 0 rings (SSSR count). The number of phosphoric acid groups is 2. The molecule has 534 valence electrons. The smallest absolute Gasteiger partial charge is 0.462 e. The summed E-state index contributed by atoms with van der Waals surface area (Å²) < 4.78 is 68.2. The Morgan fingerprint density at radius 2 is 0.533 bits per heavy atom. The molecule has 0 bridgehead atoms. The molecule has 4 unspecified atom stereocenters. The highest BCUT2D eigenvalue weighted by atomic mass is 31.2. The molecular formula is C71H138O17P2. The highest BCUT2D eigenvalue weighted by Crippen LogP contribution is 2.45. The number of hydrogen-bond donors (Lipinski definition) is 3. The van der Waals surface area contributed by atoms with Crippen molar-refractivity contribution in [3.8, 4) is 0 Å². The van der Waals surface area contributed by atoms with E-state index in [9.17, 15) is 43.2 Å². The molecule has 0 spiro atoms. The number of ether oxygens (including phenoxy) is 4. The van der Waals surface area contributed by atoms with Gasteiger partial charge in [0.2, 0.25) is 0 Å². The lowest BCUT2D eigenvalue weighted by molar-refractivity contribution is -0.161. The topological polar surface area (TPSA) is 237 Å². The molecule has 0 saturated carbocycles. The van der Waals surface area contributed by atoms with Crippen molar-refractivity contribution in [2.24, 2.45) is 23.7 Å². The van der Waals surface area contributed by atoms with E-state index >= 15 is 0 Å². The molecule has 0 amide bonds. The number of esters is 4. The van der Waals surface area contributed by atoms with Gasteiger partial charge in [0.25, 0.3) is 0 Å². The fourth-order valence-corrected chi connectivity index (χ4v) is 12.2. The first kappa shape index (κ1) is 88.1. The van der Waals surface area contributed by atoms with Gasteiger partial charge < -0.3 is 33.8 Å². The average Bonchev–Trinajstić information content (AvgIpc) is 3.00. The van der Waals surface area contributed by atoms with Crippen LogP contribution in [0.2, 0.25) is 0 Å². The van der Waals surface area contributed by atoms with Crippen molar-refractivity contribution in [1.82, 2.24) is 0 Å². The number of rotatable bonds is 68. The van der Waals surface area contributed by atoms with Gasteiger partial charge in [-0.25, -0.2) is 9.13 Å². The third kappa shape index (κ3) is 62.2. The fourth-order valence-electron chi connectivity index (χ4n) is 10.6. The van der Waals surface area contributed by atoms with Gasteiger partial charge in [-0.15, -0.1) is 0 Å². The van der Waals surface area contributed by atoms with Crippen molar-refractivity contribution in [1.29, 1.82) is 0 Å². The zero-order valence-electron chi connectivity index (χ0n) is 58.8. The summed E-state index contributed by atoms with van der Waals surface area (Å²) in [6.45, 7) is 14.1. The second-order valence-corrected chi connectivity index (χ2v) is 30.0. The molecule has 7 atom stereocenters. The highest BCUT2D eigenvalue weighted by molar-refractivity contribution is 7.47. The SMILES string of the molecule is CCC(C)CCCCCCCCCCCCCCCCC(=O)O[C@H](COC(=O)CCCCCCCCC(C)C)COP(=O)(O)OC[C@H](O)COP(=O)(O)OC[C@@H](COC(=O)CCCCCCCCCCCCC(C)CC)OC(=O)CCCCCCCCC(C)C. The molecule has 0 saturated heterocycles. The van der Waals surface area contributed by atoms with Crippen molar-refractivity contribution in [3.63, 3.8) is 0 Å². The maximum atomic E-state index is 13.0. The zero-order chi connectivity index (χ0) is 66.8. The van der Waals surface area contributed by atoms with E-state index in [2.05, 4.69) is 55.4 Å². The Hall–Kier alpha value is -1.94. The van der Waals surface area contributed by atoms with Crippen LogP contribution < -0.4 is 0 Å². The Kier molecular flexibility index (Phi) is 59.4. The average molecular weight is 1330 g/mol. The van der Waals surface area contributed by atoms with Gasteiger partial charge in [-0.1, -0.05) is 299 Å². The van der Waals surface area contributed by atoms with Gasteiger partial charge in [0.1, 0.15) is 19.3 Å². The van der Waals surface area contributed by atoms with Crippen molar-refractivity contribution < 1.29 is 80.2 Å². The van der Waals surface area contributed by atoms with Gasteiger partial charge in [-0.05, 0) is 49.4 Å². The molecule has 90 heavy (non-hydrogen) atoms. The van der Waals surface area contributed by atoms with Gasteiger partial charge in [-0.2, -0.15) is 0 Å². The van der Waals surface area contributed by atoms with Crippen LogP contribution in [-0.4, -0.2) is 96.7 Å². The maximum Gasteiger partial charge on any atom is 0.472 e. The summed E-state index contributed by atoms with van der Waals surface area (Å²) in [5, 5.41) is 10.6. The second kappa shape index (κ2) is 60.7. The standard InChI is InChI=1S/C71H138O17P2/c1-9-63(7)49-41-33-23-19-15-13-11-12-14-16-22-26-37-45-53-70(75)87-66(58-82-69(74)52-44-36-29-27-31-39-47-61(3)4)59-85-89(77,78)83-55-65(72)56-84-90(79,80)86-60-67(88-71(76)54-46-38-30-28-32-40-48-62(5)6)57-81-68(73)51-43-35-25-21-18-17-20-24-34-42-50-64(8)10-2/h61-67,72H,9-60H2,1-8H3,(H,77,78)(H,79,80)/t63?,64?,65-,66+,67+/m0/s1. The van der Waals surface area contributed by atoms with Crippen LogP contribution in [0.4, 0.5) is 0 Å². The van der Waals surface area contributed by atoms with E-state index in [4.69, 9.17) is 37.0 Å². The number of phosphoric ester groups is 2. The molecule has 17 nitrogen and oxygen atoms in total. The van der Waals surface area contributed by atoms with E-state index in [1.54, 1.807) is 0 Å². The molecule has 0 radical (unpaired) electrons. The van der Waals surface area contributed by atoms with E-state index in [1.165, 1.54) is 148 Å². The molecule has 0 aliphatic carbocycles. The molecule has 0 heterocycles. The Balaban J connectivity index is 5.18. The Labute approximate surface area is 549 Å². The van der Waals surface area contributed by atoms with Crippen LogP contribution in [0.25, 0.3) is 0 Å². The second-order valence-electron chi connectivity index (χ2n) is 27.1. The minimum atomic E-state index is -4.95. The monoisotopic (exact) mass is 1320 g/mol. The van der Waals surface area contributed by atoms with Crippen LogP contribution in [0.5, 0.6) is 0 Å². The fraction of sp³-hybridized carbons (Fsp3) is 0.944. The van der Waals surface area contributed by atoms with E-state index in [0.29, 0.717) is 37.5 Å². The highest BCUT2D eigenvalue weighted by Gasteiger charge is 2.30. The van der Waals surface area contributed by atoms with Gasteiger partial charge >= 0.3 is 39.5 Å². The first-order valence-electron chi connectivity index (χ1n) is 36.8. The molecule has 0 aromatic rings. The van der Waals surface area contributed by atoms with Gasteiger partial charge in [-0.3, -0.25) is 37.3 Å². The van der Waals surface area contributed by atoms with Gasteiger partial charge in [0.15, 0.2) is 12.2 Å². The molecular weight excluding hydrogens is 1190 g/mol. The first-order valence-corrected chi connectivity index (χ1v) is 39.8. The minimum absolute atomic E-state index is 0.101. The lowest BCUT2D eigenvalue weighted by Gasteiger charge is -2.21.